The smallest absolute Gasteiger partial charge is 0.259 e. The molecule has 2 aromatic rings. The molecule has 0 bridgehead atoms. The van der Waals surface area contributed by atoms with Gasteiger partial charge < -0.3 is 20.1 Å². The number of thioether (sulfide) groups is 1. The summed E-state index contributed by atoms with van der Waals surface area (Å²) < 4.78 is 10.8. The zero-order chi connectivity index (χ0) is 27.4. The van der Waals surface area contributed by atoms with E-state index in [1.807, 2.05) is 31.2 Å². The lowest BCUT2D eigenvalue weighted by Gasteiger charge is -2.27. The van der Waals surface area contributed by atoms with Crippen molar-refractivity contribution >= 4 is 51.9 Å². The van der Waals surface area contributed by atoms with Crippen molar-refractivity contribution in [2.45, 2.75) is 57.2 Å². The first-order chi connectivity index (χ1) is 19.0. The van der Waals surface area contributed by atoms with Gasteiger partial charge >= 0.3 is 0 Å². The number of amides is 3. The van der Waals surface area contributed by atoms with Crippen molar-refractivity contribution in [3.63, 3.8) is 0 Å². The first kappa shape index (κ1) is 26.7. The number of rotatable bonds is 10. The first-order valence-electron chi connectivity index (χ1n) is 13.2. The Morgan fingerprint density at radius 2 is 1.97 bits per heavy atom. The number of para-hydroxylation sites is 1. The molecule has 0 saturated carbocycles. The number of ether oxygens (including phenoxy) is 2. The fourth-order valence-corrected chi connectivity index (χ4v) is 5.50. The zero-order valence-corrected chi connectivity index (χ0v) is 22.8. The number of anilines is 1. The Balaban J connectivity index is 1.31. The molecule has 0 radical (unpaired) electrons. The van der Waals surface area contributed by atoms with Crippen LogP contribution < -0.4 is 20.1 Å². The van der Waals surface area contributed by atoms with Gasteiger partial charge in [-0.25, -0.2) is 9.89 Å². The quantitative estimate of drug-likeness (QED) is 0.428. The van der Waals surface area contributed by atoms with E-state index >= 15 is 0 Å². The second kappa shape index (κ2) is 11.9. The number of fused-ring (bicyclic) bond motifs is 4. The van der Waals surface area contributed by atoms with Crippen LogP contribution in [0.4, 0.5) is 11.4 Å². The van der Waals surface area contributed by atoms with Gasteiger partial charge in [-0.05, 0) is 43.5 Å². The van der Waals surface area contributed by atoms with Crippen LogP contribution in [0, 0.1) is 0 Å². The van der Waals surface area contributed by atoms with Gasteiger partial charge in [-0.2, -0.15) is 0 Å². The molecule has 2 atom stereocenters. The number of aliphatic imine (C=N–C) groups is 2. The molecular weight excluding hydrogens is 518 g/mol. The van der Waals surface area contributed by atoms with Crippen LogP contribution in [0.3, 0.4) is 0 Å². The molecule has 3 aliphatic heterocycles. The molecule has 11 heteroatoms. The summed E-state index contributed by atoms with van der Waals surface area (Å²) in [5.74, 6) is 1.19. The fraction of sp³-hybridized carbons (Fsp3) is 0.393. The Bertz CT molecular complexity index is 1340. The second-order valence-corrected chi connectivity index (χ2v) is 10.5. The summed E-state index contributed by atoms with van der Waals surface area (Å²) in [5.41, 5.74) is 2.03. The van der Waals surface area contributed by atoms with Gasteiger partial charge in [-0.1, -0.05) is 44.2 Å². The highest BCUT2D eigenvalue weighted by atomic mass is 32.2. The van der Waals surface area contributed by atoms with Crippen molar-refractivity contribution in [3.8, 4) is 11.5 Å². The molecule has 3 aliphatic rings. The Kier molecular flexibility index (Phi) is 8.16. The van der Waals surface area contributed by atoms with Crippen LogP contribution >= 0.6 is 11.8 Å². The van der Waals surface area contributed by atoms with E-state index in [-0.39, 0.29) is 30.9 Å². The van der Waals surface area contributed by atoms with Crippen molar-refractivity contribution in [2.75, 3.05) is 18.7 Å². The molecule has 0 aromatic heterocycles. The largest absolute Gasteiger partial charge is 0.454 e. The minimum absolute atomic E-state index is 0.0868. The van der Waals surface area contributed by atoms with Crippen LogP contribution in [0.5, 0.6) is 11.5 Å². The van der Waals surface area contributed by atoms with Gasteiger partial charge in [-0.15, -0.1) is 0 Å². The van der Waals surface area contributed by atoms with Gasteiger partial charge in [0.25, 0.3) is 5.91 Å². The van der Waals surface area contributed by atoms with Gasteiger partial charge in [0.15, 0.2) is 16.7 Å². The van der Waals surface area contributed by atoms with Crippen LogP contribution in [0.25, 0.3) is 0 Å². The predicted octanol–water partition coefficient (Wildman–Crippen LogP) is 4.22. The summed E-state index contributed by atoms with van der Waals surface area (Å²) in [6.07, 6.45) is 2.94. The van der Waals surface area contributed by atoms with Gasteiger partial charge in [0.1, 0.15) is 11.9 Å². The maximum absolute atomic E-state index is 13.5. The lowest BCUT2D eigenvalue weighted by molar-refractivity contribution is -0.125. The monoisotopic (exact) mass is 549 g/mol. The van der Waals surface area contributed by atoms with Crippen LogP contribution in [-0.4, -0.2) is 58.3 Å². The molecule has 39 heavy (non-hydrogen) atoms. The van der Waals surface area contributed by atoms with Gasteiger partial charge in [0.05, 0.1) is 10.9 Å². The number of carbonyl (C=O) groups excluding carboxylic acids is 3. The Labute approximate surface area is 231 Å². The summed E-state index contributed by atoms with van der Waals surface area (Å²) in [7, 11) is 0. The average molecular weight is 550 g/mol. The molecule has 5 rings (SSSR count). The van der Waals surface area contributed by atoms with E-state index in [4.69, 9.17) is 19.5 Å². The maximum Gasteiger partial charge on any atom is 0.259 e. The third-order valence-corrected chi connectivity index (χ3v) is 7.91. The number of amidine groups is 2. The molecule has 0 spiro atoms. The highest BCUT2D eigenvalue weighted by Crippen LogP contribution is 2.37. The molecule has 10 nitrogen and oxygen atoms in total. The van der Waals surface area contributed by atoms with Crippen molar-refractivity contribution < 1.29 is 23.9 Å². The molecule has 0 unspecified atom stereocenters. The van der Waals surface area contributed by atoms with Gasteiger partial charge in [0.2, 0.25) is 18.6 Å². The average Bonchev–Trinajstić information content (AvgIpc) is 3.54. The molecule has 204 valence electrons. The van der Waals surface area contributed by atoms with Crippen molar-refractivity contribution in [2.24, 2.45) is 9.98 Å². The van der Waals surface area contributed by atoms with E-state index < -0.39 is 11.3 Å². The number of carbonyl (C=O) groups is 3. The lowest BCUT2D eigenvalue weighted by atomic mass is 10.1. The number of unbranched alkanes of at least 4 members (excludes halogenated alkanes) is 1. The van der Waals surface area contributed by atoms with Crippen LogP contribution in [-0.2, 0) is 14.4 Å². The number of hydrogen-bond acceptors (Lipinski definition) is 8. The summed E-state index contributed by atoms with van der Waals surface area (Å²) >= 11 is 1.23. The lowest BCUT2D eigenvalue weighted by Crippen LogP contribution is -2.42. The van der Waals surface area contributed by atoms with E-state index in [2.05, 4.69) is 17.6 Å². The topological polar surface area (TPSA) is 122 Å². The molecule has 2 N–H and O–H groups in total. The normalized spacial score (nSPS) is 17.6. The third-order valence-electron chi connectivity index (χ3n) is 6.60. The molecule has 0 fully saturated rings. The maximum atomic E-state index is 13.5. The zero-order valence-electron chi connectivity index (χ0n) is 21.9. The highest BCUT2D eigenvalue weighted by molar-refractivity contribution is 8.15. The molecule has 3 heterocycles. The van der Waals surface area contributed by atoms with E-state index in [0.717, 1.165) is 18.4 Å². The molecule has 3 amide bonds. The summed E-state index contributed by atoms with van der Waals surface area (Å²) in [6, 6.07) is 12.0. The van der Waals surface area contributed by atoms with E-state index in [1.165, 1.54) is 16.7 Å². The van der Waals surface area contributed by atoms with Crippen LogP contribution in [0.15, 0.2) is 52.4 Å². The fourth-order valence-electron chi connectivity index (χ4n) is 4.48. The van der Waals surface area contributed by atoms with Crippen LogP contribution in [0.1, 0.15) is 51.5 Å². The Morgan fingerprint density at radius 1 is 1.15 bits per heavy atom. The molecular formula is C28H31N5O5S. The van der Waals surface area contributed by atoms with E-state index in [9.17, 15) is 14.4 Å². The predicted molar refractivity (Wildman–Crippen MR) is 151 cm³/mol. The first-order valence-corrected chi connectivity index (χ1v) is 14.1. The van der Waals surface area contributed by atoms with Crippen LogP contribution in [0.2, 0.25) is 0 Å². The van der Waals surface area contributed by atoms with E-state index in [0.29, 0.717) is 53.3 Å². The van der Waals surface area contributed by atoms with Gasteiger partial charge in [0, 0.05) is 30.3 Å². The number of nitrogens with one attached hydrogen (secondary N) is 2. The number of nitrogens with zero attached hydrogens (tertiary/aromatic N) is 3. The minimum Gasteiger partial charge on any atom is -0.454 e. The van der Waals surface area contributed by atoms with Crippen molar-refractivity contribution in [3.05, 3.63) is 48.0 Å². The number of hydrogen-bond donors (Lipinski definition) is 2. The standard InChI is InChI=1S/C28H31N5O5S/c1-3-5-14-29-24(34)13-11-20-27(36)33-25(31-20)18-8-6-7-9-19(18)32-28(33)39-23(4-2)26(35)30-17-10-12-21-22(15-17)38-16-37-21/h6-10,12,15,20,23H,3-5,11,13-14,16H2,1-2H3,(H,29,34)(H,30,35)/t20-,23+/m1/s1. The number of benzene rings is 2. The van der Waals surface area contributed by atoms with E-state index in [1.54, 1.807) is 18.2 Å². The molecule has 0 saturated heterocycles. The summed E-state index contributed by atoms with van der Waals surface area (Å²) in [4.78, 5) is 50.0. The molecule has 0 aliphatic carbocycles. The SMILES string of the molecule is CCCCNC(=O)CC[C@H]1N=C2c3ccccc3N=C(S[C@@H](CC)C(=O)Nc3ccc4c(c3)OCO4)N2C1=O. The second-order valence-electron chi connectivity index (χ2n) is 9.37. The minimum atomic E-state index is -0.684. The summed E-state index contributed by atoms with van der Waals surface area (Å²) in [6.45, 7) is 4.76. The Morgan fingerprint density at radius 3 is 2.79 bits per heavy atom. The summed E-state index contributed by atoms with van der Waals surface area (Å²) in [5, 5.41) is 5.71. The molecule has 2 aromatic carbocycles. The highest BCUT2D eigenvalue weighted by Gasteiger charge is 2.42. The third kappa shape index (κ3) is 5.78. The van der Waals surface area contributed by atoms with Crippen molar-refractivity contribution in [1.82, 2.24) is 10.2 Å². The Hall–Kier alpha value is -3.86. The van der Waals surface area contributed by atoms with Gasteiger partial charge in [-0.3, -0.25) is 19.4 Å². The van der Waals surface area contributed by atoms with Crippen molar-refractivity contribution in [1.29, 1.82) is 0 Å².